The first-order valence-electron chi connectivity index (χ1n) is 9.04. The van der Waals surface area contributed by atoms with Gasteiger partial charge in [-0.15, -0.1) is 11.3 Å². The number of amides is 3. The average Bonchev–Trinajstić information content (AvgIpc) is 3.26. The summed E-state index contributed by atoms with van der Waals surface area (Å²) >= 11 is 2.21. The number of fused-ring (bicyclic) bond motifs is 1. The van der Waals surface area contributed by atoms with Crippen molar-refractivity contribution < 1.29 is 23.5 Å². The van der Waals surface area contributed by atoms with Crippen LogP contribution in [0.1, 0.15) is 20.8 Å². The molecule has 2 aromatic carbocycles. The molecule has 0 saturated carbocycles. The van der Waals surface area contributed by atoms with Crippen molar-refractivity contribution in [3.8, 4) is 0 Å². The summed E-state index contributed by atoms with van der Waals surface area (Å²) in [5, 5.41) is 2.97. The van der Waals surface area contributed by atoms with Crippen LogP contribution in [-0.4, -0.2) is 34.8 Å². The van der Waals surface area contributed by atoms with Crippen molar-refractivity contribution in [3.05, 3.63) is 64.3 Å². The van der Waals surface area contributed by atoms with Gasteiger partial charge in [-0.25, -0.2) is 4.39 Å². The first-order chi connectivity index (χ1) is 14.5. The van der Waals surface area contributed by atoms with E-state index in [2.05, 4.69) is 5.32 Å². The molecule has 0 bridgehead atoms. The van der Waals surface area contributed by atoms with Gasteiger partial charge in [0, 0.05) is 28.4 Å². The van der Waals surface area contributed by atoms with E-state index in [1.54, 1.807) is 36.4 Å². The Labute approximate surface area is 180 Å². The second-order valence-electron chi connectivity index (χ2n) is 6.64. The van der Waals surface area contributed by atoms with Crippen LogP contribution in [0.4, 0.5) is 14.9 Å². The number of carbonyl (C=O) groups is 3. The van der Waals surface area contributed by atoms with Crippen LogP contribution in [0.5, 0.6) is 0 Å². The van der Waals surface area contributed by atoms with E-state index in [0.29, 0.717) is 26.2 Å². The van der Waals surface area contributed by atoms with Crippen LogP contribution >= 0.6 is 23.1 Å². The van der Waals surface area contributed by atoms with Crippen LogP contribution in [0.15, 0.2) is 42.5 Å². The van der Waals surface area contributed by atoms with Crippen molar-refractivity contribution in [1.82, 2.24) is 4.90 Å². The summed E-state index contributed by atoms with van der Waals surface area (Å²) in [7, 11) is 1.50. The number of rotatable bonds is 6. The molecule has 0 spiro atoms. The summed E-state index contributed by atoms with van der Waals surface area (Å²) in [5.74, 6) is -0.767. The van der Waals surface area contributed by atoms with Crippen molar-refractivity contribution in [3.63, 3.8) is 0 Å². The fraction of sp³-hybridized carbons (Fsp3) is 0.190. The Balaban J connectivity index is 1.53. The zero-order valence-electron chi connectivity index (χ0n) is 15.9. The number of nitrogens with zero attached hydrogens (tertiary/aromatic N) is 1. The van der Waals surface area contributed by atoms with Crippen molar-refractivity contribution in [1.29, 1.82) is 0 Å². The monoisotopic (exact) mass is 444 g/mol. The van der Waals surface area contributed by atoms with Crippen LogP contribution in [0.3, 0.4) is 0 Å². The molecule has 1 N–H and O–H groups in total. The highest BCUT2D eigenvalue weighted by Crippen LogP contribution is 2.34. The fourth-order valence-corrected chi connectivity index (χ4v) is 5.07. The molecule has 0 aliphatic carbocycles. The molecule has 1 aliphatic rings. The van der Waals surface area contributed by atoms with Gasteiger partial charge in [-0.3, -0.25) is 19.3 Å². The maximum Gasteiger partial charge on any atom is 0.289 e. The Bertz CT molecular complexity index is 1130. The van der Waals surface area contributed by atoms with E-state index in [4.69, 9.17) is 4.74 Å². The highest BCUT2D eigenvalue weighted by molar-refractivity contribution is 8.14. The molecule has 1 fully saturated rings. The van der Waals surface area contributed by atoms with Crippen LogP contribution in [0, 0.1) is 5.82 Å². The van der Waals surface area contributed by atoms with Crippen LogP contribution in [-0.2, 0) is 22.7 Å². The van der Waals surface area contributed by atoms with E-state index in [1.165, 1.54) is 29.4 Å². The highest BCUT2D eigenvalue weighted by atomic mass is 32.2. The van der Waals surface area contributed by atoms with E-state index in [1.807, 2.05) is 0 Å². The smallest absolute Gasteiger partial charge is 0.289 e. The molecule has 1 aliphatic heterocycles. The Hall–Kier alpha value is -2.75. The topological polar surface area (TPSA) is 75.7 Å². The number of imide groups is 1. The molecule has 1 saturated heterocycles. The van der Waals surface area contributed by atoms with Gasteiger partial charge in [0.05, 0.1) is 23.8 Å². The lowest BCUT2D eigenvalue weighted by molar-refractivity contribution is -0.125. The number of anilines is 1. The van der Waals surface area contributed by atoms with Gasteiger partial charge in [0.25, 0.3) is 11.1 Å². The second-order valence-corrected chi connectivity index (χ2v) is 8.62. The lowest BCUT2D eigenvalue weighted by Crippen LogP contribution is -2.27. The Morgan fingerprint density at radius 2 is 1.97 bits per heavy atom. The summed E-state index contributed by atoms with van der Waals surface area (Å²) in [6, 6.07) is 11.7. The SMILES string of the molecule is COCc1c(C(=O)Nc2ccc(CN3C(=O)CSC3=O)cc2)sc2cccc(F)c12. The van der Waals surface area contributed by atoms with Crippen molar-refractivity contribution >= 4 is 55.9 Å². The molecule has 0 atom stereocenters. The number of thiophene rings is 1. The number of ether oxygens (including phenoxy) is 1. The van der Waals surface area contributed by atoms with Gasteiger partial charge >= 0.3 is 0 Å². The first kappa shape index (κ1) is 20.5. The Morgan fingerprint density at radius 3 is 2.63 bits per heavy atom. The van der Waals surface area contributed by atoms with Crippen LogP contribution in [0.25, 0.3) is 10.1 Å². The number of nitrogens with one attached hydrogen (secondary N) is 1. The minimum atomic E-state index is -0.386. The number of halogens is 1. The summed E-state index contributed by atoms with van der Waals surface area (Å²) in [6.45, 7) is 0.324. The van der Waals surface area contributed by atoms with Gasteiger partial charge < -0.3 is 10.1 Å². The first-order valence-corrected chi connectivity index (χ1v) is 10.8. The summed E-state index contributed by atoms with van der Waals surface area (Å²) < 4.78 is 20.2. The summed E-state index contributed by atoms with van der Waals surface area (Å²) in [6.07, 6.45) is 0. The number of hydrogen-bond acceptors (Lipinski definition) is 6. The van der Waals surface area contributed by atoms with E-state index in [-0.39, 0.29) is 41.8 Å². The second kappa shape index (κ2) is 8.55. The molecule has 3 amide bonds. The average molecular weight is 445 g/mol. The van der Waals surface area contributed by atoms with E-state index in [9.17, 15) is 18.8 Å². The molecule has 30 heavy (non-hydrogen) atoms. The standard InChI is InChI=1S/C21H17FN2O4S2/c1-28-10-14-18-15(22)3-2-4-16(18)30-19(14)20(26)23-13-7-5-12(6-8-13)9-24-17(25)11-29-21(24)27/h2-8H,9-11H2,1H3,(H,23,26). The fourth-order valence-electron chi connectivity index (χ4n) is 3.23. The number of benzene rings is 2. The maximum absolute atomic E-state index is 14.3. The van der Waals surface area contributed by atoms with Crippen molar-refractivity contribution in [2.75, 3.05) is 18.2 Å². The minimum Gasteiger partial charge on any atom is -0.380 e. The van der Waals surface area contributed by atoms with Gasteiger partial charge in [0.2, 0.25) is 5.91 Å². The van der Waals surface area contributed by atoms with Gasteiger partial charge in [-0.05, 0) is 29.8 Å². The molecule has 3 aromatic rings. The van der Waals surface area contributed by atoms with Crippen molar-refractivity contribution in [2.24, 2.45) is 0 Å². The molecule has 6 nitrogen and oxygen atoms in total. The Morgan fingerprint density at radius 1 is 1.20 bits per heavy atom. The number of hydrogen-bond donors (Lipinski definition) is 1. The molecule has 154 valence electrons. The molecule has 0 unspecified atom stereocenters. The minimum absolute atomic E-state index is 0.124. The largest absolute Gasteiger partial charge is 0.380 e. The van der Waals surface area contributed by atoms with E-state index < -0.39 is 0 Å². The number of methoxy groups -OCH3 is 1. The highest BCUT2D eigenvalue weighted by Gasteiger charge is 2.29. The van der Waals surface area contributed by atoms with E-state index >= 15 is 0 Å². The third-order valence-electron chi connectivity index (χ3n) is 4.65. The summed E-state index contributed by atoms with van der Waals surface area (Å²) in [5.41, 5.74) is 1.85. The molecule has 4 rings (SSSR count). The zero-order chi connectivity index (χ0) is 21.3. The predicted molar refractivity (Wildman–Crippen MR) is 115 cm³/mol. The molecular weight excluding hydrogens is 427 g/mol. The molecule has 2 heterocycles. The van der Waals surface area contributed by atoms with E-state index in [0.717, 1.165) is 17.3 Å². The maximum atomic E-state index is 14.3. The number of thioether (sulfide) groups is 1. The predicted octanol–water partition coefficient (Wildman–Crippen LogP) is 4.63. The molecule has 0 radical (unpaired) electrons. The zero-order valence-corrected chi connectivity index (χ0v) is 17.6. The van der Waals surface area contributed by atoms with Crippen LogP contribution in [0.2, 0.25) is 0 Å². The summed E-state index contributed by atoms with van der Waals surface area (Å²) in [4.78, 5) is 37.9. The lowest BCUT2D eigenvalue weighted by atomic mass is 10.1. The van der Waals surface area contributed by atoms with Gasteiger partial charge in [0.15, 0.2) is 0 Å². The third kappa shape index (κ3) is 3.96. The normalized spacial score (nSPS) is 14.0. The van der Waals surface area contributed by atoms with Gasteiger partial charge in [-0.1, -0.05) is 30.0 Å². The third-order valence-corrected chi connectivity index (χ3v) is 6.71. The number of carbonyl (C=O) groups excluding carboxylic acids is 3. The van der Waals surface area contributed by atoms with Gasteiger partial charge in [-0.2, -0.15) is 0 Å². The van der Waals surface area contributed by atoms with Crippen LogP contribution < -0.4 is 5.32 Å². The van der Waals surface area contributed by atoms with Crippen molar-refractivity contribution in [2.45, 2.75) is 13.2 Å². The quantitative estimate of drug-likeness (QED) is 0.600. The Kier molecular flexibility index (Phi) is 5.85. The van der Waals surface area contributed by atoms with Gasteiger partial charge in [0.1, 0.15) is 5.82 Å². The molecule has 9 heteroatoms. The molecule has 1 aromatic heterocycles. The molecular formula is C21H17FN2O4S2. The lowest BCUT2D eigenvalue weighted by Gasteiger charge is -2.13.